The van der Waals surface area contributed by atoms with Gasteiger partial charge in [0.25, 0.3) is 0 Å². The van der Waals surface area contributed by atoms with Crippen molar-refractivity contribution in [1.82, 2.24) is 5.48 Å². The molecule has 0 atom stereocenters. The zero-order valence-electron chi connectivity index (χ0n) is 2.68. The van der Waals surface area contributed by atoms with E-state index in [-0.39, 0.29) is 0 Å². The van der Waals surface area contributed by atoms with Crippen molar-refractivity contribution >= 4 is 0 Å². The smallest absolute Gasteiger partial charge is 0.0395 e. The van der Waals surface area contributed by atoms with Crippen LogP contribution in [0.15, 0.2) is 12.4 Å². The Hall–Kier alpha value is -0.700. The summed E-state index contributed by atoms with van der Waals surface area (Å²) < 4.78 is 0. The SMILES string of the molecule is N/C=C/NO. The summed E-state index contributed by atoms with van der Waals surface area (Å²) >= 11 is 0. The number of nitrogens with one attached hydrogen (secondary N) is 1. The molecule has 0 saturated heterocycles. The van der Waals surface area contributed by atoms with E-state index in [1.165, 1.54) is 12.4 Å². The second-order valence-electron chi connectivity index (χ2n) is 0.488. The van der Waals surface area contributed by atoms with Crippen LogP contribution in [-0.4, -0.2) is 5.21 Å². The van der Waals surface area contributed by atoms with E-state index in [2.05, 4.69) is 0 Å². The highest BCUT2D eigenvalue weighted by Gasteiger charge is 1.46. The molecule has 0 aliphatic carbocycles. The Balaban J connectivity index is 2.62. The summed E-state index contributed by atoms with van der Waals surface area (Å²) in [6.45, 7) is 0. The van der Waals surface area contributed by atoms with Crippen molar-refractivity contribution in [3.63, 3.8) is 0 Å². The van der Waals surface area contributed by atoms with Crippen LogP contribution in [0.5, 0.6) is 0 Å². The van der Waals surface area contributed by atoms with Crippen LogP contribution in [0.3, 0.4) is 0 Å². The van der Waals surface area contributed by atoms with E-state index in [1.54, 1.807) is 5.48 Å². The van der Waals surface area contributed by atoms with Crippen molar-refractivity contribution < 1.29 is 5.21 Å². The molecule has 0 spiro atoms. The van der Waals surface area contributed by atoms with Gasteiger partial charge in [-0.25, -0.2) is 0 Å². The fraction of sp³-hybridized carbons (Fsp3) is 0. The molecule has 30 valence electrons. The number of hydroxylamine groups is 1. The van der Waals surface area contributed by atoms with Gasteiger partial charge in [0.1, 0.15) is 0 Å². The fourth-order valence-corrected chi connectivity index (χ4v) is 0.0430. The first-order valence-corrected chi connectivity index (χ1v) is 1.18. The summed E-state index contributed by atoms with van der Waals surface area (Å²) in [7, 11) is 0. The average molecular weight is 74.1 g/mol. The third kappa shape index (κ3) is 3.30. The summed E-state index contributed by atoms with van der Waals surface area (Å²) in [5, 5.41) is 7.65. The Morgan fingerprint density at radius 3 is 2.40 bits per heavy atom. The predicted octanol–water partition coefficient (Wildman–Crippen LogP) is -0.605. The summed E-state index contributed by atoms with van der Waals surface area (Å²) in [6, 6.07) is 0. The van der Waals surface area contributed by atoms with Crippen LogP contribution in [-0.2, 0) is 0 Å². The zero-order chi connectivity index (χ0) is 4.12. The number of hydrogen-bond acceptors (Lipinski definition) is 3. The normalized spacial score (nSPS) is 9.00. The molecule has 0 aliphatic rings. The molecule has 0 radical (unpaired) electrons. The topological polar surface area (TPSA) is 58.3 Å². The summed E-state index contributed by atoms with van der Waals surface area (Å²) in [5.41, 5.74) is 6.45. The van der Waals surface area contributed by atoms with Crippen molar-refractivity contribution in [2.24, 2.45) is 5.73 Å². The van der Waals surface area contributed by atoms with Gasteiger partial charge in [-0.15, -0.1) is 0 Å². The fourth-order valence-electron chi connectivity index (χ4n) is 0.0430. The monoisotopic (exact) mass is 74.0 g/mol. The molecule has 0 fully saturated rings. The molecule has 0 aromatic heterocycles. The quantitative estimate of drug-likeness (QED) is 0.364. The molecular weight excluding hydrogens is 68.0 g/mol. The lowest BCUT2D eigenvalue weighted by Gasteiger charge is -1.74. The molecule has 0 aliphatic heterocycles. The van der Waals surface area contributed by atoms with Crippen LogP contribution in [0.1, 0.15) is 0 Å². The molecule has 3 nitrogen and oxygen atoms in total. The minimum Gasteiger partial charge on any atom is -0.403 e. The largest absolute Gasteiger partial charge is 0.403 e. The highest BCUT2D eigenvalue weighted by atomic mass is 16.5. The van der Waals surface area contributed by atoms with Crippen LogP contribution in [0, 0.1) is 0 Å². The van der Waals surface area contributed by atoms with Gasteiger partial charge in [0, 0.05) is 12.4 Å². The predicted molar refractivity (Wildman–Crippen MR) is 18.2 cm³/mol. The van der Waals surface area contributed by atoms with Gasteiger partial charge in [0.2, 0.25) is 0 Å². The standard InChI is InChI=1S/C2H6N2O/c3-1-2-4-5/h1-2,4-5H,3H2/b2-1+. The molecule has 0 rings (SSSR count). The van der Waals surface area contributed by atoms with Crippen molar-refractivity contribution in [3.05, 3.63) is 12.4 Å². The first-order valence-electron chi connectivity index (χ1n) is 1.18. The van der Waals surface area contributed by atoms with Crippen molar-refractivity contribution in [1.29, 1.82) is 0 Å². The lowest BCUT2D eigenvalue weighted by Crippen LogP contribution is -1.94. The van der Waals surface area contributed by atoms with Crippen LogP contribution >= 0.6 is 0 Å². The van der Waals surface area contributed by atoms with E-state index < -0.39 is 0 Å². The molecule has 4 N–H and O–H groups in total. The van der Waals surface area contributed by atoms with E-state index in [9.17, 15) is 0 Å². The van der Waals surface area contributed by atoms with Crippen LogP contribution in [0.4, 0.5) is 0 Å². The highest BCUT2D eigenvalue weighted by Crippen LogP contribution is 1.41. The molecule has 0 heterocycles. The van der Waals surface area contributed by atoms with Crippen LogP contribution in [0.2, 0.25) is 0 Å². The lowest BCUT2D eigenvalue weighted by molar-refractivity contribution is 0.214. The Labute approximate surface area is 30.1 Å². The van der Waals surface area contributed by atoms with E-state index in [0.717, 1.165) is 0 Å². The van der Waals surface area contributed by atoms with Crippen LogP contribution < -0.4 is 11.2 Å². The summed E-state index contributed by atoms with van der Waals surface area (Å²) in [5.74, 6) is 0. The molecule has 0 unspecified atom stereocenters. The molecule has 0 saturated carbocycles. The third-order valence-corrected chi connectivity index (χ3v) is 0.171. The molecule has 5 heavy (non-hydrogen) atoms. The Morgan fingerprint density at radius 1 is 1.80 bits per heavy atom. The molecule has 0 bridgehead atoms. The van der Waals surface area contributed by atoms with E-state index in [4.69, 9.17) is 10.9 Å². The van der Waals surface area contributed by atoms with Crippen molar-refractivity contribution in [2.75, 3.05) is 0 Å². The van der Waals surface area contributed by atoms with Crippen molar-refractivity contribution in [2.45, 2.75) is 0 Å². The van der Waals surface area contributed by atoms with E-state index in [1.807, 2.05) is 0 Å². The highest BCUT2D eigenvalue weighted by molar-refractivity contribution is 4.66. The Morgan fingerprint density at radius 2 is 2.40 bits per heavy atom. The van der Waals surface area contributed by atoms with Gasteiger partial charge in [0.05, 0.1) is 0 Å². The van der Waals surface area contributed by atoms with Gasteiger partial charge in [-0.2, -0.15) is 0 Å². The van der Waals surface area contributed by atoms with Gasteiger partial charge < -0.3 is 5.73 Å². The van der Waals surface area contributed by atoms with E-state index in [0.29, 0.717) is 0 Å². The second-order valence-corrected chi connectivity index (χ2v) is 0.488. The summed E-state index contributed by atoms with van der Waals surface area (Å²) in [6.07, 6.45) is 2.40. The van der Waals surface area contributed by atoms with Gasteiger partial charge in [-0.1, -0.05) is 0 Å². The number of rotatable bonds is 1. The first-order chi connectivity index (χ1) is 2.41. The van der Waals surface area contributed by atoms with Crippen molar-refractivity contribution in [3.8, 4) is 0 Å². The zero-order valence-corrected chi connectivity index (χ0v) is 2.68. The number of nitrogens with two attached hydrogens (primary N) is 1. The van der Waals surface area contributed by atoms with E-state index >= 15 is 0 Å². The van der Waals surface area contributed by atoms with Gasteiger partial charge in [-0.3, -0.25) is 10.7 Å². The van der Waals surface area contributed by atoms with Gasteiger partial charge in [-0.05, 0) is 0 Å². The van der Waals surface area contributed by atoms with Crippen LogP contribution in [0.25, 0.3) is 0 Å². The molecule has 0 amide bonds. The maximum Gasteiger partial charge on any atom is 0.0395 e. The molecule has 0 aromatic carbocycles. The minimum absolute atomic E-state index is 1.19. The Kier molecular flexibility index (Phi) is 2.84. The molecule has 0 aromatic rings. The lowest BCUT2D eigenvalue weighted by atomic mass is 11.0. The molecular formula is C2H6N2O. The molecule has 3 heteroatoms. The van der Waals surface area contributed by atoms with Gasteiger partial charge in [0.15, 0.2) is 0 Å². The minimum atomic E-state index is 1.19. The van der Waals surface area contributed by atoms with Gasteiger partial charge >= 0.3 is 0 Å². The second kappa shape index (κ2) is 3.30. The third-order valence-electron chi connectivity index (χ3n) is 0.171. The Bertz CT molecular complexity index is 34.6. The maximum atomic E-state index is 7.65. The first kappa shape index (κ1) is 4.30. The summed E-state index contributed by atoms with van der Waals surface area (Å²) in [4.78, 5) is 0. The maximum absolute atomic E-state index is 7.65. The number of hydrogen-bond donors (Lipinski definition) is 3. The average Bonchev–Trinajstić information content (AvgIpc) is 1.41.